The number of aliphatic hydroxyl groups is 1. The summed E-state index contributed by atoms with van der Waals surface area (Å²) in [5.74, 6) is -1.72. The summed E-state index contributed by atoms with van der Waals surface area (Å²) < 4.78 is 0. The van der Waals surface area contributed by atoms with Gasteiger partial charge in [0.05, 0.1) is 12.1 Å². The third-order valence-corrected chi connectivity index (χ3v) is 8.60. The van der Waals surface area contributed by atoms with Gasteiger partial charge in [-0.15, -0.1) is 0 Å². The summed E-state index contributed by atoms with van der Waals surface area (Å²) in [6, 6.07) is -0.505. The largest absolute Gasteiger partial charge is 0.390 e. The maximum atomic E-state index is 13.7. The summed E-state index contributed by atoms with van der Waals surface area (Å²) >= 11 is 0. The number of amides is 4. The molecular weight excluding hydrogens is 522 g/mol. The highest BCUT2D eigenvalue weighted by Crippen LogP contribution is 2.35. The van der Waals surface area contributed by atoms with Crippen LogP contribution in [0.25, 0.3) is 0 Å². The molecule has 2 aliphatic carbocycles. The van der Waals surface area contributed by atoms with Crippen LogP contribution in [-0.2, 0) is 19.2 Å². The van der Waals surface area contributed by atoms with Gasteiger partial charge in [0.25, 0.3) is 0 Å². The molecule has 10 heteroatoms. The summed E-state index contributed by atoms with van der Waals surface area (Å²) in [7, 11) is 1.72. The first-order valence-electron chi connectivity index (χ1n) is 16.0. The van der Waals surface area contributed by atoms with Crippen LogP contribution in [0.1, 0.15) is 105 Å². The minimum atomic E-state index is -0.900. The molecule has 0 spiro atoms. The van der Waals surface area contributed by atoms with Crippen LogP contribution in [-0.4, -0.2) is 77.5 Å². The Hall–Kier alpha value is -2.20. The van der Waals surface area contributed by atoms with E-state index in [1.165, 1.54) is 6.42 Å². The number of rotatable bonds is 16. The second-order valence-corrected chi connectivity index (χ2v) is 13.0. The van der Waals surface area contributed by atoms with Crippen molar-refractivity contribution in [3.63, 3.8) is 0 Å². The molecule has 2 saturated carbocycles. The van der Waals surface area contributed by atoms with E-state index in [2.05, 4.69) is 10.7 Å². The number of carbonyl (C=O) groups is 4. The Morgan fingerprint density at radius 3 is 2.07 bits per heavy atom. The predicted molar refractivity (Wildman–Crippen MR) is 160 cm³/mol. The average molecular weight is 580 g/mol. The molecule has 0 aromatic rings. The standard InChI is InChI=1S/C31H57N5O5/c1-6-13-36(14-7-2)31(41)25-18-23(29(32)39)17-24(19-25)30(40)33-26(16-22-11-9-8-10-12-22)27(37)20-35(5)34-28(38)15-21(3)4/h21-27,37H,6-20H2,1-5H3,(H2,32,39)(H,33,40)(H,34,38). The molecule has 10 nitrogen and oxygen atoms in total. The number of likely N-dealkylation sites (N-methyl/N-ethyl adjacent to an activating group) is 1. The van der Waals surface area contributed by atoms with Crippen molar-refractivity contribution in [1.82, 2.24) is 20.7 Å². The van der Waals surface area contributed by atoms with Crippen molar-refractivity contribution in [2.45, 2.75) is 117 Å². The first-order chi connectivity index (χ1) is 19.4. The minimum Gasteiger partial charge on any atom is -0.390 e. The zero-order chi connectivity index (χ0) is 30.5. The molecule has 0 aromatic heterocycles. The second kappa shape index (κ2) is 17.7. The third kappa shape index (κ3) is 11.9. The van der Waals surface area contributed by atoms with Gasteiger partial charge in [-0.1, -0.05) is 59.8 Å². The Bertz CT molecular complexity index is 841. The fraction of sp³-hybridized carbons (Fsp3) is 0.871. The lowest BCUT2D eigenvalue weighted by molar-refractivity contribution is -0.141. The first kappa shape index (κ1) is 35.0. The number of nitrogens with two attached hydrogens (primary N) is 1. The highest BCUT2D eigenvalue weighted by atomic mass is 16.3. The number of hydrogen-bond acceptors (Lipinski definition) is 6. The van der Waals surface area contributed by atoms with Gasteiger partial charge in [-0.05, 0) is 50.4 Å². The van der Waals surface area contributed by atoms with Crippen molar-refractivity contribution in [3.05, 3.63) is 0 Å². The molecule has 236 valence electrons. The van der Waals surface area contributed by atoms with Gasteiger partial charge in [-0.2, -0.15) is 0 Å². The normalized spacial score (nSPS) is 23.2. The number of hydrogen-bond donors (Lipinski definition) is 4. The van der Waals surface area contributed by atoms with Crippen LogP contribution in [0.2, 0.25) is 0 Å². The lowest BCUT2D eigenvalue weighted by Crippen LogP contribution is -2.54. The van der Waals surface area contributed by atoms with E-state index in [0.29, 0.717) is 51.1 Å². The molecule has 2 rings (SSSR count). The second-order valence-electron chi connectivity index (χ2n) is 13.0. The number of nitrogens with one attached hydrogen (secondary N) is 2. The van der Waals surface area contributed by atoms with Crippen LogP contribution in [0.4, 0.5) is 0 Å². The minimum absolute atomic E-state index is 0.00463. The number of carbonyl (C=O) groups excluding carboxylic acids is 4. The van der Waals surface area contributed by atoms with Crippen LogP contribution < -0.4 is 16.5 Å². The quantitative estimate of drug-likeness (QED) is 0.207. The molecule has 4 amide bonds. The zero-order valence-electron chi connectivity index (χ0n) is 26.2. The number of primary amides is 1. The smallest absolute Gasteiger partial charge is 0.234 e. The third-order valence-electron chi connectivity index (χ3n) is 8.60. The van der Waals surface area contributed by atoms with Gasteiger partial charge in [0.1, 0.15) is 0 Å². The molecule has 0 heterocycles. The summed E-state index contributed by atoms with van der Waals surface area (Å²) in [6.07, 6.45) is 8.50. The van der Waals surface area contributed by atoms with E-state index in [1.54, 1.807) is 12.1 Å². The van der Waals surface area contributed by atoms with Crippen molar-refractivity contribution < 1.29 is 24.3 Å². The van der Waals surface area contributed by atoms with Gasteiger partial charge < -0.3 is 21.1 Å². The summed E-state index contributed by atoms with van der Waals surface area (Å²) in [6.45, 7) is 9.48. The lowest BCUT2D eigenvalue weighted by atomic mass is 9.73. The van der Waals surface area contributed by atoms with Crippen LogP contribution in [0.15, 0.2) is 0 Å². The Morgan fingerprint density at radius 2 is 1.51 bits per heavy atom. The van der Waals surface area contributed by atoms with E-state index < -0.39 is 35.8 Å². The van der Waals surface area contributed by atoms with Gasteiger partial charge in [0.15, 0.2) is 0 Å². The molecule has 0 saturated heterocycles. The van der Waals surface area contributed by atoms with Crippen molar-refractivity contribution in [2.24, 2.45) is 35.3 Å². The Labute approximate surface area is 247 Å². The Kier molecular flexibility index (Phi) is 15.1. The van der Waals surface area contributed by atoms with Crippen molar-refractivity contribution in [2.75, 3.05) is 26.7 Å². The van der Waals surface area contributed by atoms with Gasteiger partial charge in [-0.3, -0.25) is 24.6 Å². The highest BCUT2D eigenvalue weighted by molar-refractivity contribution is 5.85. The molecule has 0 aliphatic heterocycles. The molecule has 5 N–H and O–H groups in total. The maximum absolute atomic E-state index is 13.7. The van der Waals surface area contributed by atoms with Crippen LogP contribution in [0.5, 0.6) is 0 Å². The molecule has 41 heavy (non-hydrogen) atoms. The summed E-state index contributed by atoms with van der Waals surface area (Å²) in [4.78, 5) is 53.5. The Morgan fingerprint density at radius 1 is 0.927 bits per heavy atom. The number of hydrazine groups is 1. The van der Waals surface area contributed by atoms with Crippen molar-refractivity contribution in [1.29, 1.82) is 0 Å². The number of nitrogens with zero attached hydrogens (tertiary/aromatic N) is 2. The lowest BCUT2D eigenvalue weighted by Gasteiger charge is -2.37. The molecule has 0 radical (unpaired) electrons. The average Bonchev–Trinajstić information content (AvgIpc) is 2.91. The fourth-order valence-electron chi connectivity index (χ4n) is 6.57. The van der Waals surface area contributed by atoms with Gasteiger partial charge >= 0.3 is 0 Å². The predicted octanol–water partition coefficient (Wildman–Crippen LogP) is 2.98. The van der Waals surface area contributed by atoms with Crippen molar-refractivity contribution in [3.8, 4) is 0 Å². The van der Waals surface area contributed by atoms with E-state index in [9.17, 15) is 24.3 Å². The van der Waals surface area contributed by atoms with E-state index in [4.69, 9.17) is 5.73 Å². The van der Waals surface area contributed by atoms with Crippen LogP contribution >= 0.6 is 0 Å². The molecule has 2 aliphatic rings. The molecule has 0 bridgehead atoms. The van der Waals surface area contributed by atoms with E-state index in [1.807, 2.05) is 32.6 Å². The SMILES string of the molecule is CCCN(CCC)C(=O)C1CC(C(N)=O)CC(C(=O)NC(CC2CCCCC2)C(O)CN(C)NC(=O)CC(C)C)C1. The van der Waals surface area contributed by atoms with Gasteiger partial charge in [0, 0.05) is 50.9 Å². The highest BCUT2D eigenvalue weighted by Gasteiger charge is 2.40. The van der Waals surface area contributed by atoms with Crippen molar-refractivity contribution >= 4 is 23.6 Å². The molecule has 5 atom stereocenters. The molecular formula is C31H57N5O5. The molecule has 2 fully saturated rings. The van der Waals surface area contributed by atoms with E-state index >= 15 is 0 Å². The summed E-state index contributed by atoms with van der Waals surface area (Å²) in [5.41, 5.74) is 8.52. The summed E-state index contributed by atoms with van der Waals surface area (Å²) in [5, 5.41) is 16.0. The molecule has 0 aromatic carbocycles. The zero-order valence-corrected chi connectivity index (χ0v) is 26.2. The monoisotopic (exact) mass is 579 g/mol. The Balaban J connectivity index is 2.16. The van der Waals surface area contributed by atoms with Crippen LogP contribution in [0.3, 0.4) is 0 Å². The van der Waals surface area contributed by atoms with E-state index in [0.717, 1.165) is 38.5 Å². The first-order valence-corrected chi connectivity index (χ1v) is 16.0. The van der Waals surface area contributed by atoms with Gasteiger partial charge in [0.2, 0.25) is 23.6 Å². The van der Waals surface area contributed by atoms with Gasteiger partial charge in [-0.25, -0.2) is 5.01 Å². The van der Waals surface area contributed by atoms with E-state index in [-0.39, 0.29) is 30.2 Å². The topological polar surface area (TPSA) is 145 Å². The number of aliphatic hydroxyl groups excluding tert-OH is 1. The van der Waals surface area contributed by atoms with Crippen LogP contribution in [0, 0.1) is 29.6 Å². The molecule has 5 unspecified atom stereocenters. The maximum Gasteiger partial charge on any atom is 0.234 e. The fourth-order valence-corrected chi connectivity index (χ4v) is 6.57.